The number of benzene rings is 1. The van der Waals surface area contributed by atoms with Gasteiger partial charge in [0.15, 0.2) is 6.10 Å². The van der Waals surface area contributed by atoms with Gasteiger partial charge in [0, 0.05) is 10.2 Å². The summed E-state index contributed by atoms with van der Waals surface area (Å²) in [6.45, 7) is 1.59. The lowest BCUT2D eigenvalue weighted by molar-refractivity contribution is -0.159. The largest absolute Gasteiger partial charge is 0.452 e. The highest BCUT2D eigenvalue weighted by atomic mass is 79.9. The molecule has 0 spiro atoms. The molecule has 1 atom stereocenters. The first-order chi connectivity index (χ1) is 9.06. The Hall–Kier alpha value is -1.36. The number of rotatable bonds is 4. The van der Waals surface area contributed by atoms with E-state index >= 15 is 0 Å². The Labute approximate surface area is 120 Å². The maximum absolute atomic E-state index is 11.9. The van der Waals surface area contributed by atoms with Gasteiger partial charge in [-0.05, 0) is 44.0 Å². The number of anilines is 1. The van der Waals surface area contributed by atoms with Crippen molar-refractivity contribution in [2.45, 2.75) is 32.3 Å². The van der Waals surface area contributed by atoms with Crippen LogP contribution in [0.3, 0.4) is 0 Å². The van der Waals surface area contributed by atoms with E-state index in [1.807, 2.05) is 12.1 Å². The second-order valence-corrected chi connectivity index (χ2v) is 5.62. The van der Waals surface area contributed by atoms with Gasteiger partial charge in [0.05, 0.1) is 5.92 Å². The van der Waals surface area contributed by atoms with Gasteiger partial charge in [-0.15, -0.1) is 0 Å². The molecular weight excluding hydrogens is 310 g/mol. The Morgan fingerprint density at radius 3 is 2.47 bits per heavy atom. The SMILES string of the molecule is C[C@@H](OC(=O)C1CCC1)C(=O)Nc1ccc(Br)cc1. The van der Waals surface area contributed by atoms with Crippen molar-refractivity contribution in [3.8, 4) is 0 Å². The molecule has 0 unspecified atom stereocenters. The van der Waals surface area contributed by atoms with Crippen molar-refractivity contribution in [1.82, 2.24) is 0 Å². The summed E-state index contributed by atoms with van der Waals surface area (Å²) in [4.78, 5) is 23.5. The Balaban J connectivity index is 1.84. The summed E-state index contributed by atoms with van der Waals surface area (Å²) >= 11 is 3.32. The van der Waals surface area contributed by atoms with Gasteiger partial charge < -0.3 is 10.1 Å². The first-order valence-electron chi connectivity index (χ1n) is 6.33. The number of hydrogen-bond acceptors (Lipinski definition) is 3. The normalized spacial score (nSPS) is 16.3. The van der Waals surface area contributed by atoms with Gasteiger partial charge in [-0.3, -0.25) is 9.59 Å². The third-order valence-electron chi connectivity index (χ3n) is 3.21. The van der Waals surface area contributed by atoms with Crippen molar-refractivity contribution in [2.24, 2.45) is 5.92 Å². The highest BCUT2D eigenvalue weighted by Crippen LogP contribution is 2.27. The molecule has 0 aliphatic heterocycles. The van der Waals surface area contributed by atoms with E-state index in [9.17, 15) is 9.59 Å². The van der Waals surface area contributed by atoms with Crippen LogP contribution in [-0.4, -0.2) is 18.0 Å². The summed E-state index contributed by atoms with van der Waals surface area (Å²) in [5.41, 5.74) is 0.680. The maximum Gasteiger partial charge on any atom is 0.309 e. The molecule has 0 bridgehead atoms. The van der Waals surface area contributed by atoms with Crippen molar-refractivity contribution in [1.29, 1.82) is 0 Å². The van der Waals surface area contributed by atoms with Crippen LogP contribution in [0.5, 0.6) is 0 Å². The fourth-order valence-corrected chi connectivity index (χ4v) is 2.01. The summed E-state index contributed by atoms with van der Waals surface area (Å²) in [5.74, 6) is -0.581. The molecule has 0 heterocycles. The van der Waals surface area contributed by atoms with Crippen LogP contribution in [0.2, 0.25) is 0 Å². The Kier molecular flexibility index (Phi) is 4.58. The summed E-state index contributed by atoms with van der Waals surface area (Å²) in [6, 6.07) is 7.23. The van der Waals surface area contributed by atoms with Crippen molar-refractivity contribution in [3.05, 3.63) is 28.7 Å². The van der Waals surface area contributed by atoms with E-state index in [0.717, 1.165) is 23.7 Å². The zero-order chi connectivity index (χ0) is 13.8. The van der Waals surface area contributed by atoms with Gasteiger partial charge >= 0.3 is 5.97 Å². The molecule has 0 saturated heterocycles. The van der Waals surface area contributed by atoms with Gasteiger partial charge in [-0.2, -0.15) is 0 Å². The summed E-state index contributed by atoms with van der Waals surface area (Å²) in [7, 11) is 0. The lowest BCUT2D eigenvalue weighted by atomic mass is 9.86. The standard InChI is InChI=1S/C14H16BrNO3/c1-9(19-14(18)10-3-2-4-10)13(17)16-12-7-5-11(15)6-8-12/h5-10H,2-4H2,1H3,(H,16,17)/t9-/m1/s1. The number of carbonyl (C=O) groups excluding carboxylic acids is 2. The summed E-state index contributed by atoms with van der Waals surface area (Å²) in [6.07, 6.45) is 2.05. The Morgan fingerprint density at radius 2 is 1.95 bits per heavy atom. The molecule has 1 N–H and O–H groups in total. The quantitative estimate of drug-likeness (QED) is 0.865. The molecule has 2 rings (SSSR count). The number of hydrogen-bond donors (Lipinski definition) is 1. The molecule has 1 amide bonds. The van der Waals surface area contributed by atoms with Crippen molar-refractivity contribution < 1.29 is 14.3 Å². The lowest BCUT2D eigenvalue weighted by Gasteiger charge is -2.24. The van der Waals surface area contributed by atoms with Crippen LogP contribution in [0, 0.1) is 5.92 Å². The van der Waals surface area contributed by atoms with Gasteiger partial charge in [0.25, 0.3) is 5.91 Å². The topological polar surface area (TPSA) is 55.4 Å². The highest BCUT2D eigenvalue weighted by molar-refractivity contribution is 9.10. The summed E-state index contributed by atoms with van der Waals surface area (Å²) in [5, 5.41) is 2.71. The molecule has 4 nitrogen and oxygen atoms in total. The first kappa shape index (κ1) is 14.1. The molecular formula is C14H16BrNO3. The number of esters is 1. The Morgan fingerprint density at radius 1 is 1.32 bits per heavy atom. The minimum absolute atomic E-state index is 0.0112. The van der Waals surface area contributed by atoms with Gasteiger partial charge in [-0.1, -0.05) is 22.4 Å². The fraction of sp³-hybridized carbons (Fsp3) is 0.429. The van der Waals surface area contributed by atoms with Gasteiger partial charge in [0.2, 0.25) is 0 Å². The number of halogens is 1. The van der Waals surface area contributed by atoms with Crippen LogP contribution in [0.1, 0.15) is 26.2 Å². The lowest BCUT2D eigenvalue weighted by Crippen LogP contribution is -2.34. The van der Waals surface area contributed by atoms with Crippen molar-refractivity contribution in [2.75, 3.05) is 5.32 Å². The molecule has 1 aliphatic rings. The van der Waals surface area contributed by atoms with E-state index in [4.69, 9.17) is 4.74 Å². The predicted octanol–water partition coefficient (Wildman–Crippen LogP) is 3.12. The molecule has 0 radical (unpaired) electrons. The van der Waals surface area contributed by atoms with Crippen molar-refractivity contribution in [3.63, 3.8) is 0 Å². The smallest absolute Gasteiger partial charge is 0.309 e. The Bertz CT molecular complexity index is 468. The number of carbonyl (C=O) groups is 2. The van der Waals surface area contributed by atoms with Crippen LogP contribution >= 0.6 is 15.9 Å². The predicted molar refractivity (Wildman–Crippen MR) is 75.7 cm³/mol. The highest BCUT2D eigenvalue weighted by Gasteiger charge is 2.29. The number of nitrogens with one attached hydrogen (secondary N) is 1. The molecule has 102 valence electrons. The third-order valence-corrected chi connectivity index (χ3v) is 3.74. The molecule has 0 aromatic heterocycles. The zero-order valence-electron chi connectivity index (χ0n) is 10.7. The number of amides is 1. The second kappa shape index (κ2) is 6.19. The van der Waals surface area contributed by atoms with Crippen molar-refractivity contribution >= 4 is 33.5 Å². The van der Waals surface area contributed by atoms with E-state index < -0.39 is 6.10 Å². The minimum Gasteiger partial charge on any atom is -0.452 e. The fourth-order valence-electron chi connectivity index (χ4n) is 1.75. The van der Waals surface area contributed by atoms with E-state index in [0.29, 0.717) is 5.69 Å². The molecule has 1 saturated carbocycles. The minimum atomic E-state index is -0.767. The molecule has 1 fully saturated rings. The van der Waals surface area contributed by atoms with Crippen LogP contribution in [0.15, 0.2) is 28.7 Å². The van der Waals surface area contributed by atoms with E-state index in [-0.39, 0.29) is 17.8 Å². The maximum atomic E-state index is 11.9. The van der Waals surface area contributed by atoms with Gasteiger partial charge in [0.1, 0.15) is 0 Å². The van der Waals surface area contributed by atoms with Crippen LogP contribution < -0.4 is 5.32 Å². The molecule has 19 heavy (non-hydrogen) atoms. The first-order valence-corrected chi connectivity index (χ1v) is 7.12. The van der Waals surface area contributed by atoms with Gasteiger partial charge in [-0.25, -0.2) is 0 Å². The van der Waals surface area contributed by atoms with Crippen LogP contribution in [0.4, 0.5) is 5.69 Å². The number of ether oxygens (including phenoxy) is 1. The molecule has 5 heteroatoms. The zero-order valence-corrected chi connectivity index (χ0v) is 12.3. The van der Waals surface area contributed by atoms with E-state index in [1.54, 1.807) is 19.1 Å². The van der Waals surface area contributed by atoms with E-state index in [2.05, 4.69) is 21.2 Å². The average Bonchev–Trinajstić information content (AvgIpc) is 2.29. The molecule has 1 aliphatic carbocycles. The van der Waals surface area contributed by atoms with Crippen LogP contribution in [0.25, 0.3) is 0 Å². The molecule has 1 aromatic rings. The second-order valence-electron chi connectivity index (χ2n) is 4.70. The van der Waals surface area contributed by atoms with E-state index in [1.165, 1.54) is 0 Å². The summed E-state index contributed by atoms with van der Waals surface area (Å²) < 4.78 is 6.09. The average molecular weight is 326 g/mol. The monoisotopic (exact) mass is 325 g/mol. The third kappa shape index (κ3) is 3.80. The van der Waals surface area contributed by atoms with Crippen LogP contribution in [-0.2, 0) is 14.3 Å². The molecule has 1 aromatic carbocycles.